The molecule has 1 amide bonds. The van der Waals surface area contributed by atoms with Crippen LogP contribution in [0.25, 0.3) is 6.08 Å². The van der Waals surface area contributed by atoms with Crippen molar-refractivity contribution in [2.24, 2.45) is 0 Å². The van der Waals surface area contributed by atoms with Crippen LogP contribution < -0.4 is 5.32 Å². The lowest BCUT2D eigenvalue weighted by Crippen LogP contribution is -2.16. The summed E-state index contributed by atoms with van der Waals surface area (Å²) in [4.78, 5) is 12.0. The Balaban J connectivity index is 2.59. The first-order valence-electron chi connectivity index (χ1n) is 5.34. The van der Waals surface area contributed by atoms with E-state index < -0.39 is 0 Å². The number of para-hydroxylation sites is 1. The van der Waals surface area contributed by atoms with E-state index in [1.165, 1.54) is 0 Å². The first-order chi connectivity index (χ1) is 8.26. The standard InChI is InChI=1S/C15H13NO/c1-3-11-9-10-12-7-5-6-8-14(12)16-15(17)13(11)4-2/h3-10H,1-2H2,(H,16,17). The summed E-state index contributed by atoms with van der Waals surface area (Å²) < 4.78 is 0. The van der Waals surface area contributed by atoms with Gasteiger partial charge in [0.2, 0.25) is 0 Å². The van der Waals surface area contributed by atoms with Crippen molar-refractivity contribution in [2.45, 2.75) is 0 Å². The molecule has 2 heteroatoms. The van der Waals surface area contributed by atoms with E-state index in [1.54, 1.807) is 12.2 Å². The SMILES string of the molecule is C=CC1=C(\C=C)C(=O)Nc2ccccc2/C=C\1. The molecular formula is C15H13NO. The number of carbonyl (C=O) groups is 1. The molecule has 2 rings (SSSR count). The fourth-order valence-electron chi connectivity index (χ4n) is 1.73. The van der Waals surface area contributed by atoms with E-state index in [-0.39, 0.29) is 5.91 Å². The highest BCUT2D eigenvalue weighted by Crippen LogP contribution is 2.23. The summed E-state index contributed by atoms with van der Waals surface area (Å²) in [6, 6.07) is 7.64. The van der Waals surface area contributed by atoms with Crippen LogP contribution in [-0.2, 0) is 4.79 Å². The molecule has 2 nitrogen and oxygen atoms in total. The van der Waals surface area contributed by atoms with Gasteiger partial charge in [-0.25, -0.2) is 0 Å². The maximum Gasteiger partial charge on any atom is 0.256 e. The molecule has 0 fully saturated rings. The van der Waals surface area contributed by atoms with Gasteiger partial charge in [0.1, 0.15) is 0 Å². The quantitative estimate of drug-likeness (QED) is 0.818. The third kappa shape index (κ3) is 2.11. The molecule has 0 aromatic heterocycles. The van der Waals surface area contributed by atoms with Crippen LogP contribution in [0.15, 0.2) is 66.8 Å². The Morgan fingerprint density at radius 2 is 1.82 bits per heavy atom. The molecule has 1 aromatic rings. The number of rotatable bonds is 2. The number of hydrogen-bond acceptors (Lipinski definition) is 1. The van der Waals surface area contributed by atoms with E-state index in [4.69, 9.17) is 0 Å². The Morgan fingerprint density at radius 3 is 2.53 bits per heavy atom. The number of nitrogens with one attached hydrogen (secondary N) is 1. The average Bonchev–Trinajstić information content (AvgIpc) is 2.33. The van der Waals surface area contributed by atoms with Crippen LogP contribution in [-0.4, -0.2) is 5.91 Å². The molecule has 0 spiro atoms. The maximum absolute atomic E-state index is 12.0. The second kappa shape index (κ2) is 4.66. The average molecular weight is 223 g/mol. The summed E-state index contributed by atoms with van der Waals surface area (Å²) in [6.07, 6.45) is 7.03. The summed E-state index contributed by atoms with van der Waals surface area (Å²) in [6.45, 7) is 7.37. The van der Waals surface area contributed by atoms with E-state index in [9.17, 15) is 4.79 Å². The Hall–Kier alpha value is -2.35. The van der Waals surface area contributed by atoms with Gasteiger partial charge in [-0.15, -0.1) is 0 Å². The zero-order chi connectivity index (χ0) is 12.3. The molecule has 0 bridgehead atoms. The summed E-state index contributed by atoms with van der Waals surface area (Å²) in [5.41, 5.74) is 3.08. The van der Waals surface area contributed by atoms with Crippen LogP contribution in [0.1, 0.15) is 5.56 Å². The van der Waals surface area contributed by atoms with Crippen LogP contribution in [0.5, 0.6) is 0 Å². The minimum atomic E-state index is -0.160. The number of fused-ring (bicyclic) bond motifs is 1. The third-order valence-corrected chi connectivity index (χ3v) is 2.63. The Morgan fingerprint density at radius 1 is 1.06 bits per heavy atom. The molecule has 0 atom stereocenters. The monoisotopic (exact) mass is 223 g/mol. The van der Waals surface area contributed by atoms with E-state index in [0.29, 0.717) is 5.57 Å². The Labute approximate surface area is 101 Å². The topological polar surface area (TPSA) is 29.1 Å². The number of hydrogen-bond donors (Lipinski definition) is 1. The van der Waals surface area contributed by atoms with E-state index >= 15 is 0 Å². The predicted molar refractivity (Wildman–Crippen MR) is 71.5 cm³/mol. The lowest BCUT2D eigenvalue weighted by molar-refractivity contribution is -0.112. The number of benzene rings is 1. The van der Waals surface area contributed by atoms with Gasteiger partial charge in [0.25, 0.3) is 5.91 Å². The van der Waals surface area contributed by atoms with Gasteiger partial charge in [0, 0.05) is 11.3 Å². The van der Waals surface area contributed by atoms with Gasteiger partial charge in [-0.05, 0) is 17.2 Å². The molecule has 84 valence electrons. The highest BCUT2D eigenvalue weighted by atomic mass is 16.1. The van der Waals surface area contributed by atoms with Crippen molar-refractivity contribution in [1.82, 2.24) is 0 Å². The van der Waals surface area contributed by atoms with E-state index in [0.717, 1.165) is 16.8 Å². The molecule has 1 heterocycles. The van der Waals surface area contributed by atoms with Crippen molar-refractivity contribution in [2.75, 3.05) is 5.32 Å². The number of carbonyl (C=O) groups excluding carboxylic acids is 1. The van der Waals surface area contributed by atoms with Crippen molar-refractivity contribution >= 4 is 17.7 Å². The summed E-state index contributed by atoms with van der Waals surface area (Å²) in [5, 5.41) is 2.86. The minimum Gasteiger partial charge on any atom is -0.321 e. The number of amides is 1. The molecule has 0 radical (unpaired) electrons. The molecular weight excluding hydrogens is 210 g/mol. The minimum absolute atomic E-state index is 0.160. The predicted octanol–water partition coefficient (Wildman–Crippen LogP) is 3.32. The Kier molecular flexibility index (Phi) is 3.06. The molecule has 0 unspecified atom stereocenters. The van der Waals surface area contributed by atoms with Crippen molar-refractivity contribution in [3.05, 3.63) is 72.4 Å². The van der Waals surface area contributed by atoms with Gasteiger partial charge in [0.05, 0.1) is 0 Å². The normalized spacial score (nSPS) is 20.6. The first kappa shape index (κ1) is 11.1. The van der Waals surface area contributed by atoms with Gasteiger partial charge >= 0.3 is 0 Å². The fourth-order valence-corrected chi connectivity index (χ4v) is 1.73. The molecule has 1 N–H and O–H groups in total. The van der Waals surface area contributed by atoms with Crippen LogP contribution in [0.2, 0.25) is 0 Å². The summed E-state index contributed by atoms with van der Waals surface area (Å²) in [5.74, 6) is -0.160. The molecule has 1 aliphatic heterocycles. The lowest BCUT2D eigenvalue weighted by atomic mass is 10.0. The maximum atomic E-state index is 12.0. The lowest BCUT2D eigenvalue weighted by Gasteiger charge is -2.13. The van der Waals surface area contributed by atoms with Crippen LogP contribution in [0, 0.1) is 0 Å². The van der Waals surface area contributed by atoms with Gasteiger partial charge in [-0.1, -0.05) is 55.7 Å². The van der Waals surface area contributed by atoms with Crippen LogP contribution >= 0.6 is 0 Å². The third-order valence-electron chi connectivity index (χ3n) is 2.63. The summed E-state index contributed by atoms with van der Waals surface area (Å²) >= 11 is 0. The highest BCUT2D eigenvalue weighted by molar-refractivity contribution is 6.08. The zero-order valence-corrected chi connectivity index (χ0v) is 9.44. The van der Waals surface area contributed by atoms with Crippen molar-refractivity contribution < 1.29 is 4.79 Å². The van der Waals surface area contributed by atoms with Gasteiger partial charge in [0.15, 0.2) is 0 Å². The second-order valence-corrected chi connectivity index (χ2v) is 3.65. The molecule has 1 aromatic carbocycles. The largest absolute Gasteiger partial charge is 0.321 e. The van der Waals surface area contributed by atoms with Crippen LogP contribution in [0.3, 0.4) is 0 Å². The first-order valence-corrected chi connectivity index (χ1v) is 5.34. The Bertz CT molecular complexity index is 550. The molecule has 0 saturated carbocycles. The number of anilines is 1. The molecule has 0 aliphatic carbocycles. The smallest absolute Gasteiger partial charge is 0.256 e. The molecule has 0 saturated heterocycles. The van der Waals surface area contributed by atoms with Crippen LogP contribution in [0.4, 0.5) is 5.69 Å². The van der Waals surface area contributed by atoms with E-state index in [2.05, 4.69) is 18.5 Å². The molecule has 1 aliphatic rings. The highest BCUT2D eigenvalue weighted by Gasteiger charge is 2.13. The van der Waals surface area contributed by atoms with Crippen molar-refractivity contribution in [3.8, 4) is 0 Å². The van der Waals surface area contributed by atoms with Crippen molar-refractivity contribution in [3.63, 3.8) is 0 Å². The molecule has 17 heavy (non-hydrogen) atoms. The number of allylic oxidation sites excluding steroid dienone is 3. The fraction of sp³-hybridized carbons (Fsp3) is 0. The summed E-state index contributed by atoms with van der Waals surface area (Å²) in [7, 11) is 0. The van der Waals surface area contributed by atoms with Gasteiger partial charge in [-0.2, -0.15) is 0 Å². The zero-order valence-electron chi connectivity index (χ0n) is 9.44. The van der Waals surface area contributed by atoms with Gasteiger partial charge in [-0.3, -0.25) is 4.79 Å². The second-order valence-electron chi connectivity index (χ2n) is 3.65. The van der Waals surface area contributed by atoms with Crippen molar-refractivity contribution in [1.29, 1.82) is 0 Å². The van der Waals surface area contributed by atoms with Gasteiger partial charge < -0.3 is 5.32 Å². The van der Waals surface area contributed by atoms with E-state index in [1.807, 2.05) is 36.4 Å².